The number of likely N-dealkylation sites (tertiary alicyclic amines) is 1. The number of fused-ring (bicyclic) bond motifs is 8. The number of ether oxygens (including phenoxy) is 1. The van der Waals surface area contributed by atoms with Gasteiger partial charge in [-0.3, -0.25) is 14.3 Å². The van der Waals surface area contributed by atoms with E-state index in [1.165, 1.54) is 6.39 Å². The zero-order valence-corrected chi connectivity index (χ0v) is 20.9. The second-order valence-electron chi connectivity index (χ2n) is 10.0. The highest BCUT2D eigenvalue weighted by Crippen LogP contribution is 2.57. The average Bonchev–Trinajstić information content (AvgIpc) is 3.70. The molecule has 0 N–H and O–H groups in total. The molecule has 0 unspecified atom stereocenters. The molecule has 2 atom stereocenters. The molecule has 3 aliphatic heterocycles. The first kappa shape index (κ1) is 22.7. The van der Waals surface area contributed by atoms with Crippen LogP contribution in [0, 0.1) is 6.92 Å². The summed E-state index contributed by atoms with van der Waals surface area (Å²) in [6, 6.07) is 15.1. The number of para-hydroxylation sites is 1. The van der Waals surface area contributed by atoms with Crippen molar-refractivity contribution in [2.24, 2.45) is 0 Å². The van der Waals surface area contributed by atoms with Gasteiger partial charge in [0.2, 0.25) is 5.91 Å². The van der Waals surface area contributed by atoms with Gasteiger partial charge < -0.3 is 19.0 Å². The van der Waals surface area contributed by atoms with E-state index < -0.39 is 11.5 Å². The van der Waals surface area contributed by atoms with Crippen LogP contribution in [0.25, 0.3) is 0 Å². The fourth-order valence-corrected chi connectivity index (χ4v) is 6.25. The predicted molar refractivity (Wildman–Crippen MR) is 136 cm³/mol. The minimum atomic E-state index is -0.974. The number of anilines is 1. The summed E-state index contributed by atoms with van der Waals surface area (Å²) >= 11 is 0. The minimum absolute atomic E-state index is 0.0494. The van der Waals surface area contributed by atoms with E-state index in [0.717, 1.165) is 23.2 Å². The van der Waals surface area contributed by atoms with Gasteiger partial charge in [0, 0.05) is 25.2 Å². The van der Waals surface area contributed by atoms with Gasteiger partial charge in [-0.25, -0.2) is 4.98 Å². The van der Waals surface area contributed by atoms with Crippen molar-refractivity contribution < 1.29 is 18.7 Å². The number of carbonyl (C=O) groups excluding carboxylic acids is 2. The number of hydrogen-bond donors (Lipinski definition) is 0. The van der Waals surface area contributed by atoms with Crippen molar-refractivity contribution in [2.75, 3.05) is 18.1 Å². The highest BCUT2D eigenvalue weighted by Gasteiger charge is 2.62. The van der Waals surface area contributed by atoms with E-state index in [4.69, 9.17) is 9.15 Å². The van der Waals surface area contributed by atoms with E-state index in [2.05, 4.69) is 15.3 Å². The van der Waals surface area contributed by atoms with Crippen LogP contribution in [-0.4, -0.2) is 49.8 Å². The number of nitrogens with zero attached hydrogens (tertiary/aromatic N) is 6. The molecule has 0 saturated carbocycles. The molecule has 192 valence electrons. The summed E-state index contributed by atoms with van der Waals surface area (Å²) in [7, 11) is 0. The first-order chi connectivity index (χ1) is 18.6. The maximum Gasteiger partial charge on any atom is 0.276 e. The fourth-order valence-electron chi connectivity index (χ4n) is 6.25. The molecule has 5 heterocycles. The van der Waals surface area contributed by atoms with Crippen LogP contribution in [0.15, 0.2) is 65.5 Å². The van der Waals surface area contributed by atoms with Crippen LogP contribution in [0.2, 0.25) is 0 Å². The van der Waals surface area contributed by atoms with Gasteiger partial charge in [-0.2, -0.15) is 0 Å². The van der Waals surface area contributed by atoms with E-state index in [0.29, 0.717) is 49.9 Å². The van der Waals surface area contributed by atoms with Crippen molar-refractivity contribution in [3.63, 3.8) is 0 Å². The van der Waals surface area contributed by atoms with E-state index >= 15 is 0 Å². The summed E-state index contributed by atoms with van der Waals surface area (Å²) < 4.78 is 13.2. The molecule has 3 aliphatic rings. The number of amides is 2. The summed E-state index contributed by atoms with van der Waals surface area (Å²) in [5, 5.41) is 8.59. The first-order valence-electron chi connectivity index (χ1n) is 12.8. The van der Waals surface area contributed by atoms with Gasteiger partial charge in [-0.15, -0.1) is 5.10 Å². The molecular weight excluding hydrogens is 484 g/mol. The quantitative estimate of drug-likeness (QED) is 0.386. The Morgan fingerprint density at radius 2 is 2.03 bits per heavy atom. The molecule has 6 bridgehead atoms. The lowest BCUT2D eigenvalue weighted by Crippen LogP contribution is -2.45. The number of carbonyl (C=O) groups is 2. The van der Waals surface area contributed by atoms with Crippen LogP contribution in [0.1, 0.15) is 52.0 Å². The number of aromatic nitrogens is 4. The number of rotatable bonds is 1. The fraction of sp³-hybridized carbons (Fsp3) is 0.321. The van der Waals surface area contributed by atoms with Crippen molar-refractivity contribution in [3.8, 4) is 5.75 Å². The molecule has 1 spiro atoms. The van der Waals surface area contributed by atoms with Crippen molar-refractivity contribution in [3.05, 3.63) is 89.4 Å². The molecule has 2 aromatic heterocycles. The van der Waals surface area contributed by atoms with Crippen molar-refractivity contribution in [2.45, 2.75) is 44.3 Å². The van der Waals surface area contributed by atoms with Gasteiger partial charge in [0.05, 0.1) is 25.4 Å². The Bertz CT molecular complexity index is 1560. The standard InChI is InChI=1S/C28H26N6O4/c1-18-24(29-17-38-18)26(35)33-12-10-28-22-8-2-3-9-23(22)34(27(28)36)16-20-15-32(31-30-20)11-5-13-37-21-7-4-6-19(14-21)25(28)33/h2-4,6-9,14-15,17,25H,5,10-13,16H2,1H3/t25-,28+/m0/s1. The lowest BCUT2D eigenvalue weighted by atomic mass is 9.72. The van der Waals surface area contributed by atoms with Gasteiger partial charge in [0.15, 0.2) is 12.1 Å². The molecule has 1 saturated heterocycles. The highest BCUT2D eigenvalue weighted by molar-refractivity contribution is 6.10. The molecule has 4 aromatic rings. The molecule has 2 amide bonds. The smallest absolute Gasteiger partial charge is 0.276 e. The molecular formula is C28H26N6O4. The molecule has 10 heteroatoms. The lowest BCUT2D eigenvalue weighted by Gasteiger charge is -2.35. The number of aryl methyl sites for hydroxylation is 2. The SMILES string of the molecule is Cc1ocnc1C(=O)N1CC[C@]23C(=O)N(Cc4cn(nn4)CCCOc4cccc(c4)[C@H]12)c1ccccc13. The van der Waals surface area contributed by atoms with Gasteiger partial charge in [-0.05, 0) is 42.7 Å². The van der Waals surface area contributed by atoms with Crippen LogP contribution in [-0.2, 0) is 23.3 Å². The zero-order valence-electron chi connectivity index (χ0n) is 20.9. The van der Waals surface area contributed by atoms with Gasteiger partial charge in [-0.1, -0.05) is 35.5 Å². The second kappa shape index (κ2) is 8.54. The maximum atomic E-state index is 14.6. The van der Waals surface area contributed by atoms with Gasteiger partial charge in [0.25, 0.3) is 5.91 Å². The normalized spacial score (nSPS) is 22.3. The molecule has 0 radical (unpaired) electrons. The lowest BCUT2D eigenvalue weighted by molar-refractivity contribution is -0.124. The Labute approximate surface area is 218 Å². The third-order valence-electron chi connectivity index (χ3n) is 7.92. The van der Waals surface area contributed by atoms with Crippen molar-refractivity contribution in [1.82, 2.24) is 24.9 Å². The van der Waals surface area contributed by atoms with E-state index in [1.807, 2.05) is 54.7 Å². The highest BCUT2D eigenvalue weighted by atomic mass is 16.5. The summed E-state index contributed by atoms with van der Waals surface area (Å²) in [4.78, 5) is 36.3. The van der Waals surface area contributed by atoms with Crippen LogP contribution >= 0.6 is 0 Å². The molecule has 7 rings (SSSR count). The molecule has 2 aromatic carbocycles. The molecule has 0 aliphatic carbocycles. The number of oxazole rings is 1. The van der Waals surface area contributed by atoms with Crippen molar-refractivity contribution in [1.29, 1.82) is 0 Å². The summed E-state index contributed by atoms with van der Waals surface area (Å²) in [5.41, 5.74) is 2.59. The van der Waals surface area contributed by atoms with Crippen LogP contribution < -0.4 is 9.64 Å². The third-order valence-corrected chi connectivity index (χ3v) is 7.92. The topological polar surface area (TPSA) is 107 Å². The molecule has 38 heavy (non-hydrogen) atoms. The maximum absolute atomic E-state index is 14.6. The third kappa shape index (κ3) is 3.29. The van der Waals surface area contributed by atoms with Crippen LogP contribution in [0.3, 0.4) is 0 Å². The Kier molecular flexibility index (Phi) is 5.10. The van der Waals surface area contributed by atoms with Gasteiger partial charge in [0.1, 0.15) is 22.6 Å². The summed E-state index contributed by atoms with van der Waals surface area (Å²) in [6.45, 7) is 3.58. The Balaban J connectivity index is 1.43. The largest absolute Gasteiger partial charge is 0.494 e. The monoisotopic (exact) mass is 510 g/mol. The average molecular weight is 511 g/mol. The molecule has 10 nitrogen and oxygen atoms in total. The first-order valence-corrected chi connectivity index (χ1v) is 12.8. The van der Waals surface area contributed by atoms with E-state index in [1.54, 1.807) is 21.4 Å². The summed E-state index contributed by atoms with van der Waals surface area (Å²) in [6.07, 6.45) is 4.40. The summed E-state index contributed by atoms with van der Waals surface area (Å²) in [5.74, 6) is 0.841. The molecule has 1 fully saturated rings. The Morgan fingerprint density at radius 1 is 1.13 bits per heavy atom. The number of benzene rings is 2. The van der Waals surface area contributed by atoms with Crippen molar-refractivity contribution >= 4 is 17.5 Å². The number of hydrogen-bond acceptors (Lipinski definition) is 7. The van der Waals surface area contributed by atoms with Crippen LogP contribution in [0.4, 0.5) is 5.69 Å². The Hall–Kier alpha value is -4.47. The van der Waals surface area contributed by atoms with E-state index in [9.17, 15) is 9.59 Å². The van der Waals surface area contributed by atoms with E-state index in [-0.39, 0.29) is 17.5 Å². The van der Waals surface area contributed by atoms with Crippen LogP contribution in [0.5, 0.6) is 5.75 Å². The second-order valence-corrected chi connectivity index (χ2v) is 10.0. The predicted octanol–water partition coefficient (Wildman–Crippen LogP) is 3.43. The van der Waals surface area contributed by atoms with Gasteiger partial charge >= 0.3 is 0 Å². The minimum Gasteiger partial charge on any atom is -0.494 e. The Morgan fingerprint density at radius 3 is 2.89 bits per heavy atom. The zero-order chi connectivity index (χ0) is 25.9.